The van der Waals surface area contributed by atoms with Gasteiger partial charge in [0.1, 0.15) is 18.0 Å². The van der Waals surface area contributed by atoms with Gasteiger partial charge in [0.25, 0.3) is 0 Å². The van der Waals surface area contributed by atoms with Gasteiger partial charge in [0.05, 0.1) is 6.04 Å². The van der Waals surface area contributed by atoms with Crippen LogP contribution in [0.1, 0.15) is 30.4 Å². The largest absolute Gasteiger partial charge is 0.363 e. The van der Waals surface area contributed by atoms with E-state index in [1.807, 2.05) is 44.2 Å². The zero-order valence-corrected chi connectivity index (χ0v) is 12.7. The van der Waals surface area contributed by atoms with E-state index in [1.54, 1.807) is 6.33 Å². The van der Waals surface area contributed by atoms with Crippen molar-refractivity contribution in [2.75, 3.05) is 30.4 Å². The van der Waals surface area contributed by atoms with Gasteiger partial charge >= 0.3 is 0 Å². The molecule has 2 aromatic rings. The van der Waals surface area contributed by atoms with Crippen molar-refractivity contribution in [3.05, 3.63) is 36.2 Å². The summed E-state index contributed by atoms with van der Waals surface area (Å²) < 4.78 is 0. The second kappa shape index (κ2) is 5.63. The zero-order valence-electron chi connectivity index (χ0n) is 12.7. The molecule has 0 radical (unpaired) electrons. The summed E-state index contributed by atoms with van der Waals surface area (Å²) in [6.07, 6.45) is 5.64. The first-order valence-electron chi connectivity index (χ1n) is 7.20. The van der Waals surface area contributed by atoms with E-state index in [1.165, 1.54) is 0 Å². The second-order valence-electron chi connectivity index (χ2n) is 5.54. The normalized spacial score (nSPS) is 18.0. The number of aromatic nitrogens is 4. The molecule has 0 aliphatic carbocycles. The summed E-state index contributed by atoms with van der Waals surface area (Å²) in [5, 5.41) is 0. The molecule has 2 aromatic heterocycles. The molecule has 0 spiro atoms. The monoisotopic (exact) mass is 284 g/mol. The van der Waals surface area contributed by atoms with Crippen LogP contribution in [0.4, 0.5) is 11.6 Å². The Kier molecular flexibility index (Phi) is 3.68. The van der Waals surface area contributed by atoms with Crippen molar-refractivity contribution in [1.82, 2.24) is 19.9 Å². The Morgan fingerprint density at radius 3 is 2.86 bits per heavy atom. The van der Waals surface area contributed by atoms with Gasteiger partial charge in [-0.1, -0.05) is 0 Å². The van der Waals surface area contributed by atoms with Crippen molar-refractivity contribution in [2.24, 2.45) is 0 Å². The summed E-state index contributed by atoms with van der Waals surface area (Å²) in [5.41, 5.74) is 0.980. The summed E-state index contributed by atoms with van der Waals surface area (Å²) in [5.74, 6) is 2.77. The highest BCUT2D eigenvalue weighted by molar-refractivity contribution is 5.43. The molecule has 0 bridgehead atoms. The second-order valence-corrected chi connectivity index (χ2v) is 5.54. The topological polar surface area (TPSA) is 58.0 Å². The van der Waals surface area contributed by atoms with Gasteiger partial charge < -0.3 is 9.80 Å². The lowest BCUT2D eigenvalue weighted by Crippen LogP contribution is -2.25. The first-order chi connectivity index (χ1) is 10.1. The number of hydrogen-bond acceptors (Lipinski definition) is 6. The maximum Gasteiger partial charge on any atom is 0.153 e. The van der Waals surface area contributed by atoms with Crippen molar-refractivity contribution in [3.63, 3.8) is 0 Å². The van der Waals surface area contributed by atoms with Crippen LogP contribution >= 0.6 is 0 Å². The first-order valence-corrected chi connectivity index (χ1v) is 7.20. The summed E-state index contributed by atoms with van der Waals surface area (Å²) in [7, 11) is 3.98. The molecule has 6 nitrogen and oxygen atoms in total. The van der Waals surface area contributed by atoms with E-state index in [0.717, 1.165) is 42.5 Å². The molecule has 0 aromatic carbocycles. The highest BCUT2D eigenvalue weighted by Gasteiger charge is 2.29. The Bertz CT molecular complexity index is 627. The SMILES string of the molecule is Cc1cc(N2CCCC2c2nccc(N(C)C)n2)ncn1. The third-order valence-corrected chi connectivity index (χ3v) is 3.75. The smallest absolute Gasteiger partial charge is 0.153 e. The molecular weight excluding hydrogens is 264 g/mol. The van der Waals surface area contributed by atoms with Gasteiger partial charge in [-0.15, -0.1) is 0 Å². The molecule has 1 aliphatic rings. The minimum Gasteiger partial charge on any atom is -0.363 e. The molecule has 0 N–H and O–H groups in total. The predicted octanol–water partition coefficient (Wildman–Crippen LogP) is 1.98. The molecule has 6 heteroatoms. The van der Waals surface area contributed by atoms with Crippen LogP contribution in [0.25, 0.3) is 0 Å². The molecule has 3 heterocycles. The summed E-state index contributed by atoms with van der Waals surface area (Å²) in [4.78, 5) is 22.0. The highest BCUT2D eigenvalue weighted by atomic mass is 15.3. The molecule has 0 amide bonds. The van der Waals surface area contributed by atoms with E-state index >= 15 is 0 Å². The van der Waals surface area contributed by atoms with Gasteiger partial charge in [-0.3, -0.25) is 0 Å². The van der Waals surface area contributed by atoms with Crippen molar-refractivity contribution < 1.29 is 0 Å². The Balaban J connectivity index is 1.92. The third-order valence-electron chi connectivity index (χ3n) is 3.75. The van der Waals surface area contributed by atoms with E-state index in [-0.39, 0.29) is 6.04 Å². The quantitative estimate of drug-likeness (QED) is 0.859. The predicted molar refractivity (Wildman–Crippen MR) is 82.4 cm³/mol. The minimum absolute atomic E-state index is 0.194. The standard InChI is InChI=1S/C15H20N6/c1-11-9-14(18-10-17-11)21-8-4-5-12(21)15-16-7-6-13(19-15)20(2)3/h6-7,9-10,12H,4-5,8H2,1-3H3. The number of rotatable bonds is 3. The van der Waals surface area contributed by atoms with Crippen molar-refractivity contribution >= 4 is 11.6 Å². The van der Waals surface area contributed by atoms with Crippen LogP contribution < -0.4 is 9.80 Å². The number of aryl methyl sites for hydroxylation is 1. The highest BCUT2D eigenvalue weighted by Crippen LogP contribution is 2.33. The molecule has 0 saturated carbocycles. The summed E-state index contributed by atoms with van der Waals surface area (Å²) in [6, 6.07) is 4.14. The van der Waals surface area contributed by atoms with E-state index in [2.05, 4.69) is 24.8 Å². The van der Waals surface area contributed by atoms with Crippen molar-refractivity contribution in [2.45, 2.75) is 25.8 Å². The van der Waals surface area contributed by atoms with Crippen LogP contribution in [-0.2, 0) is 0 Å². The Labute approximate surface area is 124 Å². The van der Waals surface area contributed by atoms with E-state index < -0.39 is 0 Å². The van der Waals surface area contributed by atoms with Gasteiger partial charge in [-0.2, -0.15) is 0 Å². The zero-order chi connectivity index (χ0) is 14.8. The molecule has 1 unspecified atom stereocenters. The van der Waals surface area contributed by atoms with E-state index in [9.17, 15) is 0 Å². The van der Waals surface area contributed by atoms with Gasteiger partial charge in [0, 0.05) is 38.6 Å². The molecule has 1 fully saturated rings. The molecule has 1 aliphatic heterocycles. The van der Waals surface area contributed by atoms with Crippen LogP contribution in [0.3, 0.4) is 0 Å². The number of nitrogens with zero attached hydrogens (tertiary/aromatic N) is 6. The lowest BCUT2D eigenvalue weighted by molar-refractivity contribution is 0.658. The van der Waals surface area contributed by atoms with Crippen LogP contribution in [0.2, 0.25) is 0 Å². The number of anilines is 2. The first kappa shape index (κ1) is 13.7. The molecular formula is C15H20N6. The van der Waals surface area contributed by atoms with Crippen LogP contribution in [0, 0.1) is 6.92 Å². The summed E-state index contributed by atoms with van der Waals surface area (Å²) >= 11 is 0. The molecule has 3 rings (SSSR count). The lowest BCUT2D eigenvalue weighted by atomic mass is 10.2. The maximum atomic E-state index is 4.68. The van der Waals surface area contributed by atoms with E-state index in [0.29, 0.717) is 0 Å². The van der Waals surface area contributed by atoms with E-state index in [4.69, 9.17) is 0 Å². The fourth-order valence-electron chi connectivity index (χ4n) is 2.68. The molecule has 1 saturated heterocycles. The third kappa shape index (κ3) is 2.79. The van der Waals surface area contributed by atoms with Crippen LogP contribution in [0.15, 0.2) is 24.7 Å². The fraction of sp³-hybridized carbons (Fsp3) is 0.467. The average molecular weight is 284 g/mol. The molecule has 21 heavy (non-hydrogen) atoms. The minimum atomic E-state index is 0.194. The summed E-state index contributed by atoms with van der Waals surface area (Å²) in [6.45, 7) is 2.97. The number of hydrogen-bond donors (Lipinski definition) is 0. The Hall–Kier alpha value is -2.24. The van der Waals surface area contributed by atoms with Gasteiger partial charge in [0.15, 0.2) is 5.82 Å². The fourth-order valence-corrected chi connectivity index (χ4v) is 2.68. The van der Waals surface area contributed by atoms with Gasteiger partial charge in [-0.05, 0) is 25.8 Å². The van der Waals surface area contributed by atoms with Crippen molar-refractivity contribution in [3.8, 4) is 0 Å². The van der Waals surface area contributed by atoms with Crippen LogP contribution in [0.5, 0.6) is 0 Å². The maximum absolute atomic E-state index is 4.68. The lowest BCUT2D eigenvalue weighted by Gasteiger charge is -2.25. The van der Waals surface area contributed by atoms with Crippen LogP contribution in [-0.4, -0.2) is 40.6 Å². The van der Waals surface area contributed by atoms with Gasteiger partial charge in [0.2, 0.25) is 0 Å². The Morgan fingerprint density at radius 2 is 2.10 bits per heavy atom. The molecule has 110 valence electrons. The Morgan fingerprint density at radius 1 is 1.24 bits per heavy atom. The average Bonchev–Trinajstić information content (AvgIpc) is 2.97. The molecule has 1 atom stereocenters. The van der Waals surface area contributed by atoms with Crippen molar-refractivity contribution in [1.29, 1.82) is 0 Å². The van der Waals surface area contributed by atoms with Gasteiger partial charge in [-0.25, -0.2) is 19.9 Å².